The molecule has 0 aliphatic carbocycles. The maximum absolute atomic E-state index is 12.0. The van der Waals surface area contributed by atoms with E-state index in [1.165, 1.54) is 6.21 Å². The highest BCUT2D eigenvalue weighted by molar-refractivity contribution is 9.10. The summed E-state index contributed by atoms with van der Waals surface area (Å²) in [7, 11) is 0. The van der Waals surface area contributed by atoms with Gasteiger partial charge in [0.05, 0.1) is 6.21 Å². The van der Waals surface area contributed by atoms with Gasteiger partial charge in [-0.3, -0.25) is 4.79 Å². The lowest BCUT2D eigenvalue weighted by molar-refractivity contribution is 0.0955. The number of hydrogen-bond donors (Lipinski definition) is 3. The zero-order chi connectivity index (χ0) is 17.1. The smallest absolute Gasteiger partial charge is 0.271 e. The largest absolute Gasteiger partial charge is 0.507 e. The molecular weight excluding hydrogens is 370 g/mol. The zero-order valence-electron chi connectivity index (χ0n) is 12.5. The molecule has 0 radical (unpaired) electrons. The molecule has 6 heteroatoms. The molecule has 5 nitrogen and oxygen atoms in total. The molecule has 0 unspecified atom stereocenters. The minimum Gasteiger partial charge on any atom is -0.507 e. The fourth-order valence-corrected chi connectivity index (χ4v) is 2.68. The van der Waals surface area contributed by atoms with Gasteiger partial charge in [0.1, 0.15) is 5.75 Å². The lowest BCUT2D eigenvalue weighted by Crippen LogP contribution is -2.17. The van der Waals surface area contributed by atoms with Crippen LogP contribution < -0.4 is 11.2 Å². The first kappa shape index (κ1) is 16.0. The number of fused-ring (bicyclic) bond motifs is 1. The van der Waals surface area contributed by atoms with Crippen molar-refractivity contribution in [3.8, 4) is 5.75 Å². The van der Waals surface area contributed by atoms with Crippen molar-refractivity contribution in [2.24, 2.45) is 5.10 Å². The van der Waals surface area contributed by atoms with E-state index in [0.29, 0.717) is 16.8 Å². The number of phenols is 1. The molecule has 0 aliphatic rings. The van der Waals surface area contributed by atoms with Gasteiger partial charge in [-0.1, -0.05) is 28.1 Å². The normalized spacial score (nSPS) is 11.0. The highest BCUT2D eigenvalue weighted by Gasteiger charge is 2.07. The Kier molecular flexibility index (Phi) is 4.48. The number of anilines is 1. The van der Waals surface area contributed by atoms with E-state index < -0.39 is 0 Å². The van der Waals surface area contributed by atoms with Crippen molar-refractivity contribution in [2.45, 2.75) is 0 Å². The molecule has 0 aliphatic heterocycles. The molecule has 3 aromatic carbocycles. The van der Waals surface area contributed by atoms with E-state index in [1.807, 2.05) is 24.3 Å². The standard InChI is InChI=1S/C18H14BrN3O2/c19-13-4-7-15-12(9-13)3-8-17(23)16(15)10-21-22-18(24)11-1-5-14(20)6-2-11/h1-10,23H,20H2,(H,22,24)/b21-10-. The van der Waals surface area contributed by atoms with Crippen molar-refractivity contribution >= 4 is 44.5 Å². The number of carbonyl (C=O) groups excluding carboxylic acids is 1. The fourth-order valence-electron chi connectivity index (χ4n) is 2.30. The highest BCUT2D eigenvalue weighted by atomic mass is 79.9. The van der Waals surface area contributed by atoms with Gasteiger partial charge in [0.15, 0.2) is 0 Å². The summed E-state index contributed by atoms with van der Waals surface area (Å²) in [6.45, 7) is 0. The van der Waals surface area contributed by atoms with Crippen molar-refractivity contribution in [1.29, 1.82) is 0 Å². The third kappa shape index (κ3) is 3.38. The quantitative estimate of drug-likeness (QED) is 0.366. The summed E-state index contributed by atoms with van der Waals surface area (Å²) in [6, 6.07) is 15.6. The molecule has 120 valence electrons. The number of amides is 1. The van der Waals surface area contributed by atoms with Crippen molar-refractivity contribution in [3.63, 3.8) is 0 Å². The van der Waals surface area contributed by atoms with Gasteiger partial charge in [0.2, 0.25) is 0 Å². The molecule has 0 spiro atoms. The first-order valence-electron chi connectivity index (χ1n) is 7.15. The second-order valence-corrected chi connectivity index (χ2v) is 6.10. The summed E-state index contributed by atoms with van der Waals surface area (Å²) in [6.07, 6.45) is 1.43. The predicted molar refractivity (Wildman–Crippen MR) is 99.2 cm³/mol. The number of nitrogens with one attached hydrogen (secondary N) is 1. The third-order valence-electron chi connectivity index (χ3n) is 3.53. The van der Waals surface area contributed by atoms with Crippen LogP contribution in [0.15, 0.2) is 64.2 Å². The van der Waals surface area contributed by atoms with Crippen LogP contribution >= 0.6 is 15.9 Å². The van der Waals surface area contributed by atoms with Crippen molar-refractivity contribution < 1.29 is 9.90 Å². The van der Waals surface area contributed by atoms with Crippen molar-refractivity contribution in [3.05, 3.63) is 70.2 Å². The van der Waals surface area contributed by atoms with Crippen LogP contribution in [0.25, 0.3) is 10.8 Å². The van der Waals surface area contributed by atoms with Gasteiger partial charge in [0.25, 0.3) is 5.91 Å². The Bertz CT molecular complexity index is 937. The first-order valence-corrected chi connectivity index (χ1v) is 7.94. The highest BCUT2D eigenvalue weighted by Crippen LogP contribution is 2.27. The molecule has 0 saturated carbocycles. The van der Waals surface area contributed by atoms with Gasteiger partial charge in [-0.25, -0.2) is 5.43 Å². The van der Waals surface area contributed by atoms with E-state index in [2.05, 4.69) is 26.5 Å². The van der Waals surface area contributed by atoms with Gasteiger partial charge in [0, 0.05) is 21.3 Å². The summed E-state index contributed by atoms with van der Waals surface area (Å²) in [5.41, 5.74) is 9.61. The van der Waals surface area contributed by atoms with Gasteiger partial charge in [-0.05, 0) is 53.2 Å². The van der Waals surface area contributed by atoms with Gasteiger partial charge >= 0.3 is 0 Å². The van der Waals surface area contributed by atoms with Crippen LogP contribution in [0.5, 0.6) is 5.75 Å². The van der Waals surface area contributed by atoms with Crippen LogP contribution in [0.4, 0.5) is 5.69 Å². The Morgan fingerprint density at radius 2 is 1.88 bits per heavy atom. The maximum atomic E-state index is 12.0. The topological polar surface area (TPSA) is 87.7 Å². The van der Waals surface area contributed by atoms with Crippen LogP contribution in [0.3, 0.4) is 0 Å². The number of halogens is 1. The van der Waals surface area contributed by atoms with Gasteiger partial charge in [-0.2, -0.15) is 5.10 Å². The van der Waals surface area contributed by atoms with Crippen LogP contribution in [0, 0.1) is 0 Å². The summed E-state index contributed by atoms with van der Waals surface area (Å²) in [4.78, 5) is 12.0. The minimum atomic E-state index is -0.353. The second-order valence-electron chi connectivity index (χ2n) is 5.18. The van der Waals surface area contributed by atoms with E-state index in [9.17, 15) is 9.90 Å². The van der Waals surface area contributed by atoms with Crippen LogP contribution in [-0.2, 0) is 0 Å². The second kappa shape index (κ2) is 6.72. The molecule has 24 heavy (non-hydrogen) atoms. The van der Waals surface area contributed by atoms with Crippen molar-refractivity contribution in [2.75, 3.05) is 5.73 Å². The molecule has 0 bridgehead atoms. The summed E-state index contributed by atoms with van der Waals surface area (Å²) >= 11 is 3.42. The van der Waals surface area contributed by atoms with Gasteiger partial charge in [-0.15, -0.1) is 0 Å². The average Bonchev–Trinajstić information content (AvgIpc) is 2.57. The van der Waals surface area contributed by atoms with Crippen LogP contribution in [0.1, 0.15) is 15.9 Å². The number of benzene rings is 3. The summed E-state index contributed by atoms with van der Waals surface area (Å²) < 4.78 is 0.945. The fraction of sp³-hybridized carbons (Fsp3) is 0. The molecule has 1 amide bonds. The number of nitrogen functional groups attached to an aromatic ring is 1. The van der Waals surface area contributed by atoms with Gasteiger partial charge < -0.3 is 10.8 Å². The van der Waals surface area contributed by atoms with Crippen LogP contribution in [0.2, 0.25) is 0 Å². The molecular formula is C18H14BrN3O2. The lowest BCUT2D eigenvalue weighted by atomic mass is 10.0. The number of hydrazone groups is 1. The average molecular weight is 384 g/mol. The monoisotopic (exact) mass is 383 g/mol. The van der Waals surface area contributed by atoms with Crippen LogP contribution in [-0.4, -0.2) is 17.2 Å². The molecule has 0 fully saturated rings. The van der Waals surface area contributed by atoms with E-state index in [1.54, 1.807) is 30.3 Å². The Hall–Kier alpha value is -2.86. The Morgan fingerprint density at radius 3 is 2.62 bits per heavy atom. The SMILES string of the molecule is Nc1ccc(C(=O)N/N=C\c2c(O)ccc3cc(Br)ccc23)cc1. The number of phenolic OH excluding ortho intramolecular Hbond substituents is 1. The number of carbonyl (C=O) groups is 1. The number of aromatic hydroxyl groups is 1. The lowest BCUT2D eigenvalue weighted by Gasteiger charge is -2.06. The van der Waals surface area contributed by atoms with E-state index in [0.717, 1.165) is 15.2 Å². The number of hydrogen-bond acceptors (Lipinski definition) is 4. The van der Waals surface area contributed by atoms with E-state index in [4.69, 9.17) is 5.73 Å². The Morgan fingerprint density at radius 1 is 1.12 bits per heavy atom. The van der Waals surface area contributed by atoms with E-state index in [-0.39, 0.29) is 11.7 Å². The predicted octanol–water partition coefficient (Wildman–Crippen LogP) is 3.65. The molecule has 3 rings (SSSR count). The Balaban J connectivity index is 1.84. The third-order valence-corrected chi connectivity index (χ3v) is 4.03. The molecule has 0 aromatic heterocycles. The summed E-state index contributed by atoms with van der Waals surface area (Å²) in [5, 5.41) is 15.8. The molecule has 0 atom stereocenters. The first-order chi connectivity index (χ1) is 11.5. The van der Waals surface area contributed by atoms with Crippen molar-refractivity contribution in [1.82, 2.24) is 5.43 Å². The zero-order valence-corrected chi connectivity index (χ0v) is 14.1. The number of nitrogens with zero attached hydrogens (tertiary/aromatic N) is 1. The molecule has 0 saturated heterocycles. The minimum absolute atomic E-state index is 0.0929. The molecule has 0 heterocycles. The van der Waals surface area contributed by atoms with E-state index >= 15 is 0 Å². The molecule has 3 aromatic rings. The maximum Gasteiger partial charge on any atom is 0.271 e. The number of rotatable bonds is 3. The number of nitrogens with two attached hydrogens (primary N) is 1. The Labute approximate surface area is 146 Å². The summed E-state index contributed by atoms with van der Waals surface area (Å²) in [5.74, 6) is -0.260. The molecule has 4 N–H and O–H groups in total.